The average molecular weight is 206 g/mol. The van der Waals surface area contributed by atoms with Crippen molar-refractivity contribution in [2.24, 2.45) is 0 Å². The van der Waals surface area contributed by atoms with Gasteiger partial charge < -0.3 is 9.64 Å². The van der Waals surface area contributed by atoms with E-state index in [1.807, 2.05) is 18.3 Å². The maximum atomic E-state index is 5.35. The van der Waals surface area contributed by atoms with Gasteiger partial charge in [-0.1, -0.05) is 0 Å². The summed E-state index contributed by atoms with van der Waals surface area (Å²) in [7, 11) is 3.89. The summed E-state index contributed by atoms with van der Waals surface area (Å²) in [5.41, 5.74) is 1.13. The number of rotatable bonds is 2. The van der Waals surface area contributed by atoms with Crippen molar-refractivity contribution in [2.45, 2.75) is 18.8 Å². The molecule has 2 heterocycles. The van der Waals surface area contributed by atoms with E-state index < -0.39 is 0 Å². The number of nitrogens with zero attached hydrogens (tertiary/aromatic N) is 2. The van der Waals surface area contributed by atoms with Crippen molar-refractivity contribution < 1.29 is 4.74 Å². The summed E-state index contributed by atoms with van der Waals surface area (Å²) < 4.78 is 5.35. The average Bonchev–Trinajstić information content (AvgIpc) is 2.30. The second-order valence-electron chi connectivity index (χ2n) is 4.17. The Balaban J connectivity index is 2.15. The lowest BCUT2D eigenvalue weighted by Crippen LogP contribution is -2.29. The molecule has 0 unspecified atom stereocenters. The molecule has 2 rings (SSSR count). The molecule has 1 aromatic rings. The molecular weight excluding hydrogens is 188 g/mol. The van der Waals surface area contributed by atoms with E-state index in [4.69, 9.17) is 4.74 Å². The summed E-state index contributed by atoms with van der Waals surface area (Å²) >= 11 is 0. The fraction of sp³-hybridized carbons (Fsp3) is 0.583. The number of piperidine rings is 1. The van der Waals surface area contributed by atoms with Crippen molar-refractivity contribution in [2.75, 3.05) is 27.2 Å². The Morgan fingerprint density at radius 1 is 1.40 bits per heavy atom. The Labute approximate surface area is 91.1 Å². The molecule has 0 saturated carbocycles. The molecule has 0 aromatic carbocycles. The van der Waals surface area contributed by atoms with E-state index in [-0.39, 0.29) is 0 Å². The van der Waals surface area contributed by atoms with E-state index in [0.717, 1.165) is 24.5 Å². The van der Waals surface area contributed by atoms with Gasteiger partial charge in [-0.25, -0.2) is 0 Å². The standard InChI is InChI=1S/C12H18N2O/c1-14-8-5-10(6-9-14)12-11(15-2)4-3-7-13-12/h3-4,7,10H,5-6,8-9H2,1-2H3. The van der Waals surface area contributed by atoms with Crippen molar-refractivity contribution in [3.63, 3.8) is 0 Å². The summed E-state index contributed by atoms with van der Waals surface area (Å²) in [5, 5.41) is 0. The molecule has 82 valence electrons. The Bertz CT molecular complexity index is 319. The minimum absolute atomic E-state index is 0.567. The van der Waals surface area contributed by atoms with Crippen LogP contribution in [0.4, 0.5) is 0 Å². The topological polar surface area (TPSA) is 25.4 Å². The molecule has 0 bridgehead atoms. The van der Waals surface area contributed by atoms with Crippen LogP contribution < -0.4 is 4.74 Å². The molecule has 15 heavy (non-hydrogen) atoms. The van der Waals surface area contributed by atoms with Gasteiger partial charge >= 0.3 is 0 Å². The van der Waals surface area contributed by atoms with Crippen LogP contribution in [0, 0.1) is 0 Å². The molecule has 1 fully saturated rings. The summed E-state index contributed by atoms with van der Waals surface area (Å²) in [5.74, 6) is 1.50. The third kappa shape index (κ3) is 2.29. The molecule has 0 spiro atoms. The number of pyridine rings is 1. The highest BCUT2D eigenvalue weighted by atomic mass is 16.5. The highest BCUT2D eigenvalue weighted by Crippen LogP contribution is 2.31. The van der Waals surface area contributed by atoms with Crippen molar-refractivity contribution in [3.8, 4) is 5.75 Å². The first-order chi connectivity index (χ1) is 7.31. The number of aromatic nitrogens is 1. The maximum Gasteiger partial charge on any atom is 0.140 e. The first-order valence-corrected chi connectivity index (χ1v) is 5.48. The highest BCUT2D eigenvalue weighted by Gasteiger charge is 2.21. The van der Waals surface area contributed by atoms with Gasteiger partial charge in [0.2, 0.25) is 0 Å². The van der Waals surface area contributed by atoms with E-state index in [9.17, 15) is 0 Å². The van der Waals surface area contributed by atoms with E-state index in [0.29, 0.717) is 5.92 Å². The molecule has 0 aliphatic carbocycles. The lowest BCUT2D eigenvalue weighted by Gasteiger charge is -2.29. The first kappa shape index (κ1) is 10.4. The number of hydrogen-bond donors (Lipinski definition) is 0. The quantitative estimate of drug-likeness (QED) is 0.739. The predicted molar refractivity (Wildman–Crippen MR) is 60.3 cm³/mol. The third-order valence-electron chi connectivity index (χ3n) is 3.12. The smallest absolute Gasteiger partial charge is 0.140 e. The third-order valence-corrected chi connectivity index (χ3v) is 3.12. The van der Waals surface area contributed by atoms with Crippen molar-refractivity contribution in [3.05, 3.63) is 24.0 Å². The molecule has 1 aliphatic heterocycles. The van der Waals surface area contributed by atoms with Crippen LogP contribution >= 0.6 is 0 Å². The Morgan fingerprint density at radius 3 is 2.80 bits per heavy atom. The second-order valence-corrected chi connectivity index (χ2v) is 4.17. The van der Waals surface area contributed by atoms with Gasteiger partial charge in [0.1, 0.15) is 5.75 Å². The van der Waals surface area contributed by atoms with Gasteiger partial charge in [0.15, 0.2) is 0 Å². The van der Waals surface area contributed by atoms with Crippen molar-refractivity contribution in [1.29, 1.82) is 0 Å². The van der Waals surface area contributed by atoms with Gasteiger partial charge in [-0.2, -0.15) is 0 Å². The number of ether oxygens (including phenoxy) is 1. The molecule has 0 atom stereocenters. The van der Waals surface area contributed by atoms with Crippen LogP contribution in [0.5, 0.6) is 5.75 Å². The minimum Gasteiger partial charge on any atom is -0.495 e. The lowest BCUT2D eigenvalue weighted by molar-refractivity contribution is 0.250. The van der Waals surface area contributed by atoms with Crippen LogP contribution in [0.15, 0.2) is 18.3 Å². The van der Waals surface area contributed by atoms with Crippen LogP contribution in [-0.2, 0) is 0 Å². The second kappa shape index (κ2) is 4.62. The lowest BCUT2D eigenvalue weighted by atomic mass is 9.93. The molecule has 0 radical (unpaired) electrons. The monoisotopic (exact) mass is 206 g/mol. The van der Waals surface area contributed by atoms with Crippen LogP contribution in [-0.4, -0.2) is 37.1 Å². The molecule has 0 N–H and O–H groups in total. The van der Waals surface area contributed by atoms with Crippen molar-refractivity contribution in [1.82, 2.24) is 9.88 Å². The van der Waals surface area contributed by atoms with E-state index >= 15 is 0 Å². The van der Waals surface area contributed by atoms with Crippen molar-refractivity contribution >= 4 is 0 Å². The fourth-order valence-electron chi connectivity index (χ4n) is 2.16. The van der Waals surface area contributed by atoms with Gasteiger partial charge in [-0.15, -0.1) is 0 Å². The Morgan fingerprint density at radius 2 is 2.13 bits per heavy atom. The largest absolute Gasteiger partial charge is 0.495 e. The summed E-state index contributed by atoms with van der Waals surface area (Å²) in [4.78, 5) is 6.82. The van der Waals surface area contributed by atoms with Gasteiger partial charge in [-0.05, 0) is 45.1 Å². The maximum absolute atomic E-state index is 5.35. The molecule has 1 saturated heterocycles. The van der Waals surface area contributed by atoms with Crippen LogP contribution in [0.1, 0.15) is 24.5 Å². The highest BCUT2D eigenvalue weighted by molar-refractivity contribution is 5.30. The van der Waals surface area contributed by atoms with E-state index in [1.165, 1.54) is 12.8 Å². The van der Waals surface area contributed by atoms with Gasteiger partial charge in [0.25, 0.3) is 0 Å². The molecule has 3 nitrogen and oxygen atoms in total. The van der Waals surface area contributed by atoms with Gasteiger partial charge in [0, 0.05) is 12.1 Å². The number of likely N-dealkylation sites (tertiary alicyclic amines) is 1. The SMILES string of the molecule is COc1cccnc1C1CCN(C)CC1. The van der Waals surface area contributed by atoms with Gasteiger partial charge in [0.05, 0.1) is 12.8 Å². The Kier molecular flexibility index (Phi) is 3.21. The van der Waals surface area contributed by atoms with Gasteiger partial charge in [-0.3, -0.25) is 4.98 Å². The van der Waals surface area contributed by atoms with Crippen LogP contribution in [0.25, 0.3) is 0 Å². The Hall–Kier alpha value is -1.09. The molecular formula is C12H18N2O. The van der Waals surface area contributed by atoms with Crippen LogP contribution in [0.2, 0.25) is 0 Å². The normalized spacial score (nSPS) is 19.1. The minimum atomic E-state index is 0.567. The van der Waals surface area contributed by atoms with E-state index in [2.05, 4.69) is 16.9 Å². The number of hydrogen-bond acceptors (Lipinski definition) is 3. The fourth-order valence-corrected chi connectivity index (χ4v) is 2.16. The molecule has 1 aliphatic rings. The molecule has 3 heteroatoms. The van der Waals surface area contributed by atoms with E-state index in [1.54, 1.807) is 7.11 Å². The summed E-state index contributed by atoms with van der Waals surface area (Å²) in [6, 6.07) is 3.93. The summed E-state index contributed by atoms with van der Waals surface area (Å²) in [6.45, 7) is 2.31. The first-order valence-electron chi connectivity index (χ1n) is 5.48. The molecule has 0 amide bonds. The summed E-state index contributed by atoms with van der Waals surface area (Å²) in [6.07, 6.45) is 4.23. The number of methoxy groups -OCH3 is 1. The zero-order chi connectivity index (χ0) is 10.7. The zero-order valence-electron chi connectivity index (χ0n) is 9.44. The zero-order valence-corrected chi connectivity index (χ0v) is 9.44. The van der Waals surface area contributed by atoms with Crippen LogP contribution in [0.3, 0.4) is 0 Å². The predicted octanol–water partition coefficient (Wildman–Crippen LogP) is 1.90. The molecule has 1 aromatic heterocycles.